The van der Waals surface area contributed by atoms with E-state index < -0.39 is 0 Å². The molecule has 8 aromatic rings. The molecule has 4 aromatic heterocycles. The lowest BCUT2D eigenvalue weighted by atomic mass is 9.77. The average Bonchev–Trinajstić information content (AvgIpc) is 0.779. The number of nitro groups is 2. The van der Waals surface area contributed by atoms with Gasteiger partial charge in [-0.3, -0.25) is 39.8 Å². The maximum absolute atomic E-state index is 11.1. The number of non-ortho nitro benzene ring substituents is 2. The molecule has 10 aliphatic rings. The van der Waals surface area contributed by atoms with Crippen molar-refractivity contribution >= 4 is 114 Å². The predicted octanol–water partition coefficient (Wildman–Crippen LogP) is 15.5. The first-order valence-corrected chi connectivity index (χ1v) is 46.1. The minimum atomic E-state index is -0.358. The van der Waals surface area contributed by atoms with Crippen LogP contribution in [0.25, 0.3) is 0 Å². The lowest BCUT2D eigenvalue weighted by Crippen LogP contribution is -2.44. The van der Waals surface area contributed by atoms with Crippen LogP contribution in [-0.4, -0.2) is 255 Å². The van der Waals surface area contributed by atoms with Gasteiger partial charge < -0.3 is 59.8 Å². The van der Waals surface area contributed by atoms with Gasteiger partial charge in [0.15, 0.2) is 0 Å². The van der Waals surface area contributed by atoms with E-state index in [9.17, 15) is 20.2 Å². The topological polar surface area (TPSA) is 280 Å². The highest BCUT2D eigenvalue weighted by atomic mass is 79.9. The summed E-state index contributed by atoms with van der Waals surface area (Å²) < 4.78 is 21.5. The number of nitrogens with two attached hydrogens (primary N) is 1. The van der Waals surface area contributed by atoms with Gasteiger partial charge in [-0.05, 0) is 130 Å². The van der Waals surface area contributed by atoms with Crippen molar-refractivity contribution in [2.45, 2.75) is 129 Å². The fourth-order valence-corrected chi connectivity index (χ4v) is 18.9. The number of nitrogens with zero attached hydrogens (tertiary/aromatic N) is 17. The Labute approximate surface area is 756 Å². The standard InChI is InChI=1S/C29H36ClN7O.C17H25N3O3.C17H27N3O.C12H10Cl2N4.C11H14N2O2.C6H12BrNO.H2/c1-29(2)8-11-36(13-12-35-14-16-38-17-15-35)26-18-21(5-6-23(26)29)34-27-22-19-37(10-7-25(22)32-20-33-27)28-24(30)4-3-9-31-28;1-17(2)5-6-19(8-7-18-9-11-23-12-10-18)16-13-14(20(21)22)3-4-15(16)17;1-17(2)5-6-20(8-7-19-9-11-21-12-10-19)16-13-14(18)3-4-15(16)17;13-9-2-1-4-15-12(9)18-5-3-10-8(6-18)11(14)17-7-16-10;1-11(2)5-6-12-10-7-8(13(14)15)3-4-9(10)11;7-1-2-8-3-5-9-6-4-8;/h3-6,9,18,20H,7-8,10-17,19H2,1-2H3,(H,32,33,34);3-4,13H,5-12H2,1-2H3;3-4,13H,5-12,18H2,1-2H3;1-2,4,7H,3,5-6H2;3-4,7,12H,5-6H2,1-2H3;1-6H2;1H. The van der Waals surface area contributed by atoms with Gasteiger partial charge in [0.2, 0.25) is 0 Å². The van der Waals surface area contributed by atoms with Crippen molar-refractivity contribution in [3.63, 3.8) is 0 Å². The molecule has 670 valence electrons. The summed E-state index contributed by atoms with van der Waals surface area (Å²) in [5.41, 5.74) is 22.8. The molecule has 4 aromatic carbocycles. The first kappa shape index (κ1) is 93.2. The van der Waals surface area contributed by atoms with Gasteiger partial charge in [-0.25, -0.2) is 29.9 Å². The number of aromatic nitrogens is 6. The third-order valence-electron chi connectivity index (χ3n) is 25.6. The van der Waals surface area contributed by atoms with Crippen molar-refractivity contribution in [3.05, 3.63) is 202 Å². The molecule has 0 spiro atoms. The quantitative estimate of drug-likeness (QED) is 0.0251. The van der Waals surface area contributed by atoms with Crippen LogP contribution in [0, 0.1) is 20.2 Å². The van der Waals surface area contributed by atoms with Crippen molar-refractivity contribution in [1.82, 2.24) is 49.5 Å². The van der Waals surface area contributed by atoms with E-state index in [0.29, 0.717) is 28.3 Å². The number of benzene rings is 4. The summed E-state index contributed by atoms with van der Waals surface area (Å²) >= 11 is 22.1. The average molecular weight is 1830 g/mol. The minimum Gasteiger partial charge on any atom is -0.399 e. The van der Waals surface area contributed by atoms with Gasteiger partial charge in [0.25, 0.3) is 11.4 Å². The molecular weight excluding hydrogens is 1700 g/mol. The van der Waals surface area contributed by atoms with E-state index in [1.54, 1.807) is 43.0 Å². The maximum atomic E-state index is 11.1. The second-order valence-electron chi connectivity index (χ2n) is 35.7. The van der Waals surface area contributed by atoms with E-state index in [1.807, 2.05) is 42.5 Å². The highest BCUT2D eigenvalue weighted by molar-refractivity contribution is 9.09. The van der Waals surface area contributed by atoms with Gasteiger partial charge in [0.05, 0.1) is 84.1 Å². The number of anilines is 9. The molecule has 0 radical (unpaired) electrons. The van der Waals surface area contributed by atoms with Crippen LogP contribution in [0.3, 0.4) is 0 Å². The number of nitro benzene ring substituents is 2. The summed E-state index contributed by atoms with van der Waals surface area (Å²) in [7, 11) is 0. The molecule has 124 heavy (non-hydrogen) atoms. The molecule has 28 nitrogen and oxygen atoms in total. The van der Waals surface area contributed by atoms with Crippen LogP contribution in [-0.2, 0) is 66.5 Å². The van der Waals surface area contributed by atoms with Crippen molar-refractivity contribution in [2.24, 2.45) is 0 Å². The number of alkyl halides is 1. The zero-order valence-electron chi connectivity index (χ0n) is 73.4. The van der Waals surface area contributed by atoms with Gasteiger partial charge in [0, 0.05) is 252 Å². The van der Waals surface area contributed by atoms with E-state index in [0.717, 1.165) is 290 Å². The molecule has 14 heterocycles. The summed E-state index contributed by atoms with van der Waals surface area (Å²) in [6, 6.07) is 31.0. The summed E-state index contributed by atoms with van der Waals surface area (Å²) in [5, 5.41) is 31.5. The van der Waals surface area contributed by atoms with Crippen LogP contribution in [0.2, 0.25) is 15.2 Å². The van der Waals surface area contributed by atoms with Gasteiger partial charge >= 0.3 is 0 Å². The van der Waals surface area contributed by atoms with Crippen LogP contribution in [0.15, 0.2) is 122 Å². The Morgan fingerprint density at radius 2 is 0.879 bits per heavy atom. The third-order valence-corrected chi connectivity index (χ3v) is 26.9. The van der Waals surface area contributed by atoms with Gasteiger partial charge in [-0.2, -0.15) is 0 Å². The fraction of sp³-hybridized carbons (Fsp3) is 0.543. The number of nitrogens with one attached hydrogen (secondary N) is 2. The van der Waals surface area contributed by atoms with Crippen LogP contribution < -0.4 is 40.9 Å². The van der Waals surface area contributed by atoms with Gasteiger partial charge in [-0.15, -0.1) is 0 Å². The largest absolute Gasteiger partial charge is 0.399 e. The van der Waals surface area contributed by atoms with Crippen LogP contribution in [0.5, 0.6) is 0 Å². The second-order valence-corrected chi connectivity index (χ2v) is 37.7. The molecule has 0 unspecified atom stereocenters. The predicted molar refractivity (Wildman–Crippen MR) is 504 cm³/mol. The van der Waals surface area contributed by atoms with Crippen molar-refractivity contribution in [1.29, 1.82) is 0 Å². The summed E-state index contributed by atoms with van der Waals surface area (Å²) in [6.45, 7) is 47.6. The first-order valence-electron chi connectivity index (χ1n) is 43.9. The number of fused-ring (bicyclic) bond motifs is 6. The molecule has 0 aliphatic carbocycles. The smallest absolute Gasteiger partial charge is 0.271 e. The lowest BCUT2D eigenvalue weighted by Gasteiger charge is -2.41. The number of morpholine rings is 4. The van der Waals surface area contributed by atoms with Gasteiger partial charge in [-0.1, -0.05) is 118 Å². The Morgan fingerprint density at radius 1 is 0.468 bits per heavy atom. The van der Waals surface area contributed by atoms with E-state index in [4.69, 9.17) is 59.5 Å². The molecule has 0 atom stereocenters. The molecule has 0 bridgehead atoms. The Balaban J connectivity index is 0.000000143. The number of hydrogen-bond donors (Lipinski definition) is 3. The maximum Gasteiger partial charge on any atom is 0.271 e. The highest BCUT2D eigenvalue weighted by Gasteiger charge is 2.37. The molecule has 0 amide bonds. The lowest BCUT2D eigenvalue weighted by molar-refractivity contribution is -0.385. The molecule has 10 aliphatic heterocycles. The first-order chi connectivity index (χ1) is 59.7. The van der Waals surface area contributed by atoms with Crippen LogP contribution in [0.1, 0.15) is 127 Å². The van der Waals surface area contributed by atoms with E-state index in [2.05, 4.69) is 186 Å². The Bertz CT molecular complexity index is 4880. The zero-order chi connectivity index (χ0) is 87.6. The second kappa shape index (κ2) is 43.4. The monoisotopic (exact) mass is 1820 g/mol. The van der Waals surface area contributed by atoms with Crippen molar-refractivity contribution < 1.29 is 30.2 Å². The van der Waals surface area contributed by atoms with Crippen LogP contribution >= 0.6 is 50.7 Å². The number of ether oxygens (including phenoxy) is 4. The molecule has 18 rings (SSSR count). The van der Waals surface area contributed by atoms with E-state index >= 15 is 0 Å². The zero-order valence-corrected chi connectivity index (χ0v) is 77.2. The summed E-state index contributed by atoms with van der Waals surface area (Å²) in [6.07, 6.45) is 12.8. The van der Waals surface area contributed by atoms with E-state index in [-0.39, 0.29) is 44.3 Å². The highest BCUT2D eigenvalue weighted by Crippen LogP contribution is 2.46. The number of rotatable bonds is 17. The number of pyridine rings is 2. The van der Waals surface area contributed by atoms with Crippen LogP contribution in [0.4, 0.5) is 63.0 Å². The molecule has 32 heteroatoms. The summed E-state index contributed by atoms with van der Waals surface area (Å²) in [5.74, 6) is 2.44. The normalized spacial score (nSPS) is 19.4. The molecule has 4 fully saturated rings. The minimum absolute atomic E-state index is 0. The Morgan fingerprint density at radius 3 is 1.35 bits per heavy atom. The van der Waals surface area contributed by atoms with Crippen molar-refractivity contribution in [2.75, 3.05) is 236 Å². The Hall–Kier alpha value is -8.43. The molecule has 0 saturated carbocycles. The Kier molecular flexibility index (Phi) is 32.6. The number of halogens is 4. The van der Waals surface area contributed by atoms with Crippen molar-refractivity contribution in [3.8, 4) is 0 Å². The molecular formula is C92H126BrCl3N20O8. The number of hydrogen-bond acceptors (Lipinski definition) is 26. The summed E-state index contributed by atoms with van der Waals surface area (Å²) in [4.78, 5) is 68.9. The third kappa shape index (κ3) is 24.5. The number of nitrogen functional groups attached to an aromatic ring is 1. The van der Waals surface area contributed by atoms with E-state index in [1.165, 1.54) is 46.4 Å². The fourth-order valence-electron chi connectivity index (χ4n) is 17.7. The molecule has 4 N–H and O–H groups in total. The molecule has 4 saturated heterocycles. The van der Waals surface area contributed by atoms with Gasteiger partial charge in [0.1, 0.15) is 35.3 Å². The SMILES string of the molecule is BrCCN1CCOCC1.CC1(C)CCN(CCN2CCOCC2)c2cc(N)ccc21.CC1(C)CCN(CCN2CCOCC2)c2cc(Nc3ncnc4c3CN(c3ncccc3Cl)CC4)ccc21.CC1(C)CCN(CCN2CCOCC2)c2cc([N+](=O)[O-])ccc21.CC1(C)CCNc2cc([N+](=O)[O-])ccc21.Clc1cccnc1N1CCc2ncnc(Cl)c2C1.[HH].